The molecule has 11 heteroatoms. The van der Waals surface area contributed by atoms with Crippen molar-refractivity contribution in [3.05, 3.63) is 22.7 Å². The molecule has 3 N–H and O–H groups in total. The van der Waals surface area contributed by atoms with Crippen LogP contribution in [-0.2, 0) is 9.47 Å². The molecule has 22 heavy (non-hydrogen) atoms. The van der Waals surface area contributed by atoms with Crippen LogP contribution in [-0.4, -0.2) is 57.7 Å². The molecule has 2 rings (SSSR count). The Bertz CT molecular complexity index is 622. The van der Waals surface area contributed by atoms with Gasteiger partial charge in [-0.2, -0.15) is 13.8 Å². The third-order valence-corrected chi connectivity index (χ3v) is 3.06. The molecule has 0 aliphatic carbocycles. The normalized spacial score (nSPS) is 26.7. The van der Waals surface area contributed by atoms with Gasteiger partial charge in [-0.3, -0.25) is 9.88 Å². The largest absolute Gasteiger partial charge is 0.453 e. The smallest absolute Gasteiger partial charge is 0.412 e. The fourth-order valence-electron chi connectivity index (χ4n) is 1.93. The average molecular weight is 321 g/mol. The summed E-state index contributed by atoms with van der Waals surface area (Å²) in [5, 5.41) is 20.4. The third kappa shape index (κ3) is 2.77. The minimum atomic E-state index is -3.80. The number of amides is 1. The second-order valence-electron chi connectivity index (χ2n) is 4.45. The molecule has 3 unspecified atom stereocenters. The van der Waals surface area contributed by atoms with Crippen LogP contribution in [0.3, 0.4) is 0 Å². The molecular formula is C11H13F2N3O6. The van der Waals surface area contributed by atoms with Crippen molar-refractivity contribution in [3.8, 4) is 0 Å². The summed E-state index contributed by atoms with van der Waals surface area (Å²) in [6, 6.07) is 1.08. The van der Waals surface area contributed by atoms with E-state index in [0.717, 1.165) is 19.4 Å². The minimum Gasteiger partial charge on any atom is -0.453 e. The first kappa shape index (κ1) is 16.3. The van der Waals surface area contributed by atoms with Crippen molar-refractivity contribution in [2.75, 3.05) is 19.0 Å². The number of anilines is 1. The maximum absolute atomic E-state index is 13.9. The summed E-state index contributed by atoms with van der Waals surface area (Å²) in [6.07, 6.45) is -5.87. The highest BCUT2D eigenvalue weighted by Gasteiger charge is 2.59. The van der Waals surface area contributed by atoms with Crippen LogP contribution < -0.4 is 11.0 Å². The quantitative estimate of drug-likeness (QED) is 0.673. The van der Waals surface area contributed by atoms with E-state index in [-0.39, 0.29) is 5.82 Å². The van der Waals surface area contributed by atoms with Crippen molar-refractivity contribution in [1.82, 2.24) is 9.55 Å². The fraction of sp³-hybridized carbons (Fsp3) is 0.545. The van der Waals surface area contributed by atoms with Crippen molar-refractivity contribution >= 4 is 11.9 Å². The average Bonchev–Trinajstić information content (AvgIpc) is 2.70. The van der Waals surface area contributed by atoms with Gasteiger partial charge in [0.2, 0.25) is 6.23 Å². The van der Waals surface area contributed by atoms with E-state index >= 15 is 0 Å². The third-order valence-electron chi connectivity index (χ3n) is 3.06. The molecule has 0 radical (unpaired) electrons. The number of carbonyl (C=O) groups excluding carboxylic acids is 1. The number of carbonyl (C=O) groups is 1. The monoisotopic (exact) mass is 321 g/mol. The number of aliphatic hydroxyl groups is 2. The van der Waals surface area contributed by atoms with E-state index in [1.807, 2.05) is 0 Å². The van der Waals surface area contributed by atoms with Gasteiger partial charge in [-0.15, -0.1) is 0 Å². The van der Waals surface area contributed by atoms with Crippen LogP contribution in [0.15, 0.2) is 17.1 Å². The Labute approximate surface area is 122 Å². The SMILES string of the molecule is COC(=O)Nc1ccn(C2OC(CO)C(O)C2(F)F)c(=O)n1. The van der Waals surface area contributed by atoms with E-state index in [0.29, 0.717) is 4.57 Å². The number of alkyl halides is 2. The topological polar surface area (TPSA) is 123 Å². The first-order chi connectivity index (χ1) is 10.3. The molecular weight excluding hydrogens is 308 g/mol. The highest BCUT2D eigenvalue weighted by molar-refractivity contribution is 5.82. The van der Waals surface area contributed by atoms with Crippen LogP contribution in [0.5, 0.6) is 0 Å². The van der Waals surface area contributed by atoms with Gasteiger partial charge >= 0.3 is 17.7 Å². The lowest BCUT2D eigenvalue weighted by molar-refractivity contribution is -0.140. The zero-order valence-electron chi connectivity index (χ0n) is 11.3. The molecule has 2 heterocycles. The van der Waals surface area contributed by atoms with Crippen molar-refractivity contribution in [1.29, 1.82) is 0 Å². The molecule has 9 nitrogen and oxygen atoms in total. The van der Waals surface area contributed by atoms with E-state index in [1.54, 1.807) is 0 Å². The second-order valence-corrected chi connectivity index (χ2v) is 4.45. The van der Waals surface area contributed by atoms with E-state index in [9.17, 15) is 23.5 Å². The van der Waals surface area contributed by atoms with Gasteiger partial charge < -0.3 is 19.7 Å². The van der Waals surface area contributed by atoms with Crippen LogP contribution in [0.2, 0.25) is 0 Å². The van der Waals surface area contributed by atoms with Crippen LogP contribution >= 0.6 is 0 Å². The molecule has 1 aromatic heterocycles. The van der Waals surface area contributed by atoms with Crippen molar-refractivity contribution in [2.45, 2.75) is 24.4 Å². The number of ether oxygens (including phenoxy) is 2. The number of nitrogens with zero attached hydrogens (tertiary/aromatic N) is 2. The Morgan fingerprint density at radius 3 is 2.82 bits per heavy atom. The highest BCUT2D eigenvalue weighted by Crippen LogP contribution is 2.41. The Morgan fingerprint density at radius 1 is 1.64 bits per heavy atom. The highest BCUT2D eigenvalue weighted by atomic mass is 19.3. The van der Waals surface area contributed by atoms with E-state index in [4.69, 9.17) is 9.84 Å². The lowest BCUT2D eigenvalue weighted by atomic mass is 10.1. The minimum absolute atomic E-state index is 0.200. The zero-order chi connectivity index (χ0) is 16.5. The van der Waals surface area contributed by atoms with Crippen LogP contribution in [0.25, 0.3) is 0 Å². The predicted molar refractivity (Wildman–Crippen MR) is 66.5 cm³/mol. The second kappa shape index (κ2) is 5.94. The molecule has 1 aromatic rings. The van der Waals surface area contributed by atoms with Gasteiger partial charge in [0, 0.05) is 6.20 Å². The Hall–Kier alpha value is -2.11. The van der Waals surface area contributed by atoms with Gasteiger partial charge in [0.1, 0.15) is 11.9 Å². The number of aromatic nitrogens is 2. The van der Waals surface area contributed by atoms with Crippen LogP contribution in [0.1, 0.15) is 6.23 Å². The predicted octanol–water partition coefficient (Wildman–Crippen LogP) is -0.693. The molecule has 3 atom stereocenters. The van der Waals surface area contributed by atoms with Gasteiger partial charge in [-0.1, -0.05) is 0 Å². The summed E-state index contributed by atoms with van der Waals surface area (Å²) < 4.78 is 37.4. The molecule has 0 saturated carbocycles. The van der Waals surface area contributed by atoms with E-state index in [1.165, 1.54) is 0 Å². The van der Waals surface area contributed by atoms with Crippen LogP contribution in [0.4, 0.5) is 19.4 Å². The summed E-state index contributed by atoms with van der Waals surface area (Å²) in [5.74, 6) is -4.00. The number of rotatable bonds is 3. The molecule has 122 valence electrons. The molecule has 1 saturated heterocycles. The molecule has 0 bridgehead atoms. The summed E-state index contributed by atoms with van der Waals surface area (Å²) >= 11 is 0. The molecule has 1 aliphatic rings. The molecule has 1 fully saturated rings. The number of aliphatic hydroxyl groups excluding tert-OH is 2. The summed E-state index contributed by atoms with van der Waals surface area (Å²) in [6.45, 7) is -0.836. The zero-order valence-corrected chi connectivity index (χ0v) is 11.3. The number of hydrogen-bond acceptors (Lipinski definition) is 7. The first-order valence-electron chi connectivity index (χ1n) is 6.07. The van der Waals surface area contributed by atoms with Gasteiger partial charge in [0.05, 0.1) is 13.7 Å². The lowest BCUT2D eigenvalue weighted by Gasteiger charge is -2.21. The maximum Gasteiger partial charge on any atom is 0.412 e. The molecule has 0 aromatic carbocycles. The van der Waals surface area contributed by atoms with Gasteiger partial charge in [-0.25, -0.2) is 9.59 Å². The summed E-state index contributed by atoms with van der Waals surface area (Å²) in [5.41, 5.74) is -1.13. The Balaban J connectivity index is 2.30. The molecule has 1 amide bonds. The van der Waals surface area contributed by atoms with E-state index < -0.39 is 42.7 Å². The molecule has 1 aliphatic heterocycles. The van der Waals surface area contributed by atoms with Gasteiger partial charge in [0.15, 0.2) is 6.10 Å². The van der Waals surface area contributed by atoms with Crippen molar-refractivity contribution in [3.63, 3.8) is 0 Å². The summed E-state index contributed by atoms with van der Waals surface area (Å²) in [4.78, 5) is 26.1. The van der Waals surface area contributed by atoms with E-state index in [2.05, 4.69) is 15.0 Å². The van der Waals surface area contributed by atoms with Crippen molar-refractivity contribution in [2.24, 2.45) is 0 Å². The van der Waals surface area contributed by atoms with Gasteiger partial charge in [-0.05, 0) is 6.07 Å². The summed E-state index contributed by atoms with van der Waals surface area (Å²) in [7, 11) is 1.10. The number of nitrogens with one attached hydrogen (secondary N) is 1. The first-order valence-corrected chi connectivity index (χ1v) is 6.07. The van der Waals surface area contributed by atoms with Crippen molar-refractivity contribution < 1.29 is 33.3 Å². The van der Waals surface area contributed by atoms with Crippen LogP contribution in [0, 0.1) is 0 Å². The standard InChI is InChI=1S/C11H13F2N3O6/c1-21-10(20)15-6-2-3-16(9(19)14-6)8-11(12,13)7(18)5(4-17)22-8/h2-3,5,7-8,17-18H,4H2,1H3,(H,14,15,19,20). The molecule has 0 spiro atoms. The fourth-order valence-corrected chi connectivity index (χ4v) is 1.93. The Kier molecular flexibility index (Phi) is 4.39. The lowest BCUT2D eigenvalue weighted by Crippen LogP contribution is -2.41. The number of hydrogen-bond donors (Lipinski definition) is 3. The Morgan fingerprint density at radius 2 is 2.32 bits per heavy atom. The number of methoxy groups -OCH3 is 1. The number of halogens is 2. The maximum atomic E-state index is 13.9. The van der Waals surface area contributed by atoms with Gasteiger partial charge in [0.25, 0.3) is 0 Å².